The van der Waals surface area contributed by atoms with E-state index in [1.54, 1.807) is 25.2 Å². The highest BCUT2D eigenvalue weighted by Crippen LogP contribution is 2.18. The van der Waals surface area contributed by atoms with Gasteiger partial charge in [0.25, 0.3) is 0 Å². The van der Waals surface area contributed by atoms with Gasteiger partial charge in [0.05, 0.1) is 6.54 Å². The lowest BCUT2D eigenvalue weighted by Gasteiger charge is -2.17. The summed E-state index contributed by atoms with van der Waals surface area (Å²) in [6, 6.07) is 6.63. The largest absolute Gasteiger partial charge is 0.508 e. The summed E-state index contributed by atoms with van der Waals surface area (Å²) >= 11 is 1.31. The first-order valence-corrected chi connectivity index (χ1v) is 6.47. The summed E-state index contributed by atoms with van der Waals surface area (Å²) in [5, 5.41) is 21.2. The van der Waals surface area contributed by atoms with Gasteiger partial charge in [0, 0.05) is 12.6 Å². The van der Waals surface area contributed by atoms with Crippen LogP contribution in [0.5, 0.6) is 5.75 Å². The molecule has 0 radical (unpaired) electrons. The molecule has 2 N–H and O–H groups in total. The van der Waals surface area contributed by atoms with Crippen LogP contribution in [0.25, 0.3) is 0 Å². The molecule has 0 aliphatic rings. The number of hydrogen-bond donors (Lipinski definition) is 2. The normalized spacial score (nSPS) is 10.2. The summed E-state index contributed by atoms with van der Waals surface area (Å²) in [7, 11) is 1.65. The number of anilines is 1. The maximum atomic E-state index is 11.9. The molecule has 0 fully saturated rings. The average molecular weight is 278 g/mol. The molecule has 0 spiro atoms. The van der Waals surface area contributed by atoms with Gasteiger partial charge >= 0.3 is 6.03 Å². The van der Waals surface area contributed by atoms with Crippen LogP contribution in [0.3, 0.4) is 0 Å². The second kappa shape index (κ2) is 5.66. The molecule has 0 saturated carbocycles. The van der Waals surface area contributed by atoms with Crippen molar-refractivity contribution in [3.05, 3.63) is 34.8 Å². The van der Waals surface area contributed by atoms with E-state index in [9.17, 15) is 9.90 Å². The van der Waals surface area contributed by atoms with Crippen LogP contribution in [-0.2, 0) is 6.54 Å². The predicted molar refractivity (Wildman–Crippen MR) is 73.2 cm³/mol. The molecular weight excluding hydrogens is 264 g/mol. The third kappa shape index (κ3) is 3.41. The monoisotopic (exact) mass is 278 g/mol. The number of hydrogen-bond acceptors (Lipinski definition) is 5. The highest BCUT2D eigenvalue weighted by Gasteiger charge is 2.13. The lowest BCUT2D eigenvalue weighted by Crippen LogP contribution is -2.30. The van der Waals surface area contributed by atoms with Crippen molar-refractivity contribution in [2.75, 3.05) is 12.4 Å². The lowest BCUT2D eigenvalue weighted by molar-refractivity contribution is 0.220. The zero-order valence-corrected chi connectivity index (χ0v) is 11.4. The van der Waals surface area contributed by atoms with Crippen molar-refractivity contribution in [1.82, 2.24) is 15.1 Å². The number of phenolic OH excluding ortho intramolecular Hbond substituents is 1. The Morgan fingerprint density at radius 2 is 2.16 bits per heavy atom. The first-order chi connectivity index (χ1) is 9.06. The van der Waals surface area contributed by atoms with Crippen molar-refractivity contribution >= 4 is 22.5 Å². The second-order valence-electron chi connectivity index (χ2n) is 4.04. The van der Waals surface area contributed by atoms with Crippen molar-refractivity contribution in [3.63, 3.8) is 0 Å². The maximum absolute atomic E-state index is 11.9. The molecule has 1 heterocycles. The van der Waals surface area contributed by atoms with Gasteiger partial charge in [-0.2, -0.15) is 0 Å². The molecule has 2 amide bonds. The zero-order valence-electron chi connectivity index (χ0n) is 10.6. The van der Waals surface area contributed by atoms with E-state index >= 15 is 0 Å². The molecule has 0 atom stereocenters. The molecule has 0 unspecified atom stereocenters. The number of nitrogens with one attached hydrogen (secondary N) is 1. The van der Waals surface area contributed by atoms with E-state index in [-0.39, 0.29) is 11.8 Å². The van der Waals surface area contributed by atoms with Crippen molar-refractivity contribution in [2.24, 2.45) is 0 Å². The molecule has 2 rings (SSSR count). The van der Waals surface area contributed by atoms with Gasteiger partial charge in [-0.15, -0.1) is 10.2 Å². The lowest BCUT2D eigenvalue weighted by atomic mass is 10.2. The maximum Gasteiger partial charge on any atom is 0.323 e. The Bertz CT molecular complexity index is 585. The first-order valence-electron chi connectivity index (χ1n) is 5.65. The van der Waals surface area contributed by atoms with Crippen molar-refractivity contribution in [3.8, 4) is 5.75 Å². The Balaban J connectivity index is 1.98. The van der Waals surface area contributed by atoms with Gasteiger partial charge in [0.1, 0.15) is 10.8 Å². The van der Waals surface area contributed by atoms with Gasteiger partial charge in [-0.25, -0.2) is 4.79 Å². The number of amides is 2. The Labute approximate surface area is 114 Å². The number of aryl methyl sites for hydroxylation is 1. The minimum atomic E-state index is -0.292. The summed E-state index contributed by atoms with van der Waals surface area (Å²) < 4.78 is 0. The average Bonchev–Trinajstić information content (AvgIpc) is 2.77. The van der Waals surface area contributed by atoms with Crippen LogP contribution in [0, 0.1) is 6.92 Å². The van der Waals surface area contributed by atoms with E-state index < -0.39 is 0 Å². The molecular formula is C12H14N4O2S. The van der Waals surface area contributed by atoms with Gasteiger partial charge in [0.2, 0.25) is 5.13 Å². The van der Waals surface area contributed by atoms with Crippen LogP contribution >= 0.6 is 11.3 Å². The van der Waals surface area contributed by atoms with E-state index in [1.165, 1.54) is 16.2 Å². The van der Waals surface area contributed by atoms with E-state index in [1.807, 2.05) is 13.0 Å². The molecule has 19 heavy (non-hydrogen) atoms. The van der Waals surface area contributed by atoms with Crippen LogP contribution in [0.15, 0.2) is 24.3 Å². The Morgan fingerprint density at radius 1 is 1.42 bits per heavy atom. The number of rotatable bonds is 3. The number of aromatic hydroxyl groups is 1. The number of benzene rings is 1. The molecule has 1 aromatic carbocycles. The number of carbonyl (C=O) groups excluding carboxylic acids is 1. The SMILES string of the molecule is Cc1nnc(NC(=O)N(C)Cc2ccccc2O)s1. The fourth-order valence-electron chi connectivity index (χ4n) is 1.51. The molecule has 2 aromatic rings. The summed E-state index contributed by atoms with van der Waals surface area (Å²) in [6.07, 6.45) is 0. The van der Waals surface area contributed by atoms with Crippen molar-refractivity contribution in [2.45, 2.75) is 13.5 Å². The second-order valence-corrected chi connectivity index (χ2v) is 5.22. The van der Waals surface area contributed by atoms with Gasteiger partial charge in [0.15, 0.2) is 0 Å². The van der Waals surface area contributed by atoms with Crippen LogP contribution in [0.1, 0.15) is 10.6 Å². The Kier molecular flexibility index (Phi) is 3.96. The Morgan fingerprint density at radius 3 is 2.79 bits per heavy atom. The third-order valence-electron chi connectivity index (χ3n) is 2.49. The predicted octanol–water partition coefficient (Wildman–Crippen LogP) is 2.22. The molecule has 0 saturated heterocycles. The van der Waals surface area contributed by atoms with Crippen LogP contribution in [0.2, 0.25) is 0 Å². The minimum Gasteiger partial charge on any atom is -0.508 e. The molecule has 6 nitrogen and oxygen atoms in total. The fraction of sp³-hybridized carbons (Fsp3) is 0.250. The van der Waals surface area contributed by atoms with E-state index in [2.05, 4.69) is 15.5 Å². The number of para-hydroxylation sites is 1. The minimum absolute atomic E-state index is 0.175. The number of phenols is 1. The third-order valence-corrected chi connectivity index (χ3v) is 3.24. The van der Waals surface area contributed by atoms with Gasteiger partial charge < -0.3 is 10.0 Å². The summed E-state index contributed by atoms with van der Waals surface area (Å²) in [5.41, 5.74) is 0.689. The van der Waals surface area contributed by atoms with Crippen LogP contribution < -0.4 is 5.32 Å². The Hall–Kier alpha value is -2.15. The quantitative estimate of drug-likeness (QED) is 0.902. The number of carbonyl (C=O) groups is 1. The summed E-state index contributed by atoms with van der Waals surface area (Å²) in [6.45, 7) is 2.13. The highest BCUT2D eigenvalue weighted by atomic mass is 32.1. The summed E-state index contributed by atoms with van der Waals surface area (Å²) in [4.78, 5) is 13.4. The van der Waals surface area contributed by atoms with Gasteiger partial charge in [-0.3, -0.25) is 5.32 Å². The molecule has 7 heteroatoms. The van der Waals surface area contributed by atoms with Gasteiger partial charge in [-0.1, -0.05) is 29.5 Å². The number of urea groups is 1. The number of nitrogens with zero attached hydrogens (tertiary/aromatic N) is 3. The first kappa shape index (κ1) is 13.3. The molecule has 100 valence electrons. The smallest absolute Gasteiger partial charge is 0.323 e. The molecule has 0 bridgehead atoms. The van der Waals surface area contributed by atoms with Crippen LogP contribution in [-0.4, -0.2) is 33.3 Å². The van der Waals surface area contributed by atoms with Crippen LogP contribution in [0.4, 0.5) is 9.93 Å². The standard InChI is InChI=1S/C12H14N4O2S/c1-8-14-15-11(19-8)13-12(18)16(2)7-9-5-3-4-6-10(9)17/h3-6,17H,7H2,1-2H3,(H,13,15,18). The highest BCUT2D eigenvalue weighted by molar-refractivity contribution is 7.15. The van der Waals surface area contributed by atoms with E-state index in [0.717, 1.165) is 5.01 Å². The van der Waals surface area contributed by atoms with Crippen molar-refractivity contribution in [1.29, 1.82) is 0 Å². The number of aromatic nitrogens is 2. The van der Waals surface area contributed by atoms with E-state index in [4.69, 9.17) is 0 Å². The zero-order chi connectivity index (χ0) is 13.8. The summed E-state index contributed by atoms with van der Waals surface area (Å²) in [5.74, 6) is 0.175. The van der Waals surface area contributed by atoms with E-state index in [0.29, 0.717) is 17.2 Å². The molecule has 0 aliphatic carbocycles. The fourth-order valence-corrected chi connectivity index (χ4v) is 2.09. The molecule has 1 aromatic heterocycles. The molecule has 0 aliphatic heterocycles. The topological polar surface area (TPSA) is 78.4 Å². The van der Waals surface area contributed by atoms with Gasteiger partial charge in [-0.05, 0) is 13.0 Å². The van der Waals surface area contributed by atoms with Crippen molar-refractivity contribution < 1.29 is 9.90 Å².